The van der Waals surface area contributed by atoms with Gasteiger partial charge in [-0.1, -0.05) is 6.42 Å². The van der Waals surface area contributed by atoms with Crippen molar-refractivity contribution >= 4 is 0 Å². The first kappa shape index (κ1) is 12.9. The number of likely N-dealkylation sites (tertiary alicyclic amines) is 1. The third-order valence-electron chi connectivity index (χ3n) is 5.97. The van der Waals surface area contributed by atoms with Gasteiger partial charge in [0.25, 0.3) is 0 Å². The van der Waals surface area contributed by atoms with E-state index >= 15 is 0 Å². The first-order valence-electron chi connectivity index (χ1n) is 7.75. The summed E-state index contributed by atoms with van der Waals surface area (Å²) < 4.78 is 5.51. The van der Waals surface area contributed by atoms with Gasteiger partial charge in [-0.3, -0.25) is 4.90 Å². The molecule has 0 spiro atoms. The lowest BCUT2D eigenvalue weighted by Gasteiger charge is -2.46. The van der Waals surface area contributed by atoms with Gasteiger partial charge in [0.05, 0.1) is 6.10 Å². The average Bonchev–Trinajstić information content (AvgIpc) is 3.00. The number of hydrogen-bond donors (Lipinski definition) is 1. The van der Waals surface area contributed by atoms with E-state index in [1.54, 1.807) is 0 Å². The van der Waals surface area contributed by atoms with Gasteiger partial charge in [-0.05, 0) is 50.4 Å². The Bertz CT molecular complexity index is 274. The zero-order chi connectivity index (χ0) is 12.6. The molecule has 0 amide bonds. The molecular weight excluding hydrogens is 224 g/mol. The Balaban J connectivity index is 1.66. The predicted octanol–water partition coefficient (Wildman–Crippen LogP) is 2.00. The maximum Gasteiger partial charge on any atom is 0.0572 e. The van der Waals surface area contributed by atoms with Crippen molar-refractivity contribution in [2.24, 2.45) is 17.6 Å². The maximum atomic E-state index is 6.17. The van der Waals surface area contributed by atoms with E-state index < -0.39 is 0 Å². The second-order valence-electron chi connectivity index (χ2n) is 6.72. The van der Waals surface area contributed by atoms with E-state index in [0.717, 1.165) is 18.4 Å². The minimum atomic E-state index is 0.305. The van der Waals surface area contributed by atoms with Crippen molar-refractivity contribution in [2.75, 3.05) is 26.7 Å². The summed E-state index contributed by atoms with van der Waals surface area (Å²) in [5.41, 5.74) is 6.48. The number of nitrogens with zero attached hydrogens (tertiary/aromatic N) is 1. The molecule has 3 fully saturated rings. The molecule has 0 aromatic carbocycles. The standard InChI is InChI=1S/C15H28N2O/c1-18-14-5-7-15(11-16,8-6-14)17-9-12-3-2-4-13(12)10-17/h12-14H,2-11,16H2,1H3. The highest BCUT2D eigenvalue weighted by molar-refractivity contribution is 5.01. The van der Waals surface area contributed by atoms with E-state index in [0.29, 0.717) is 11.6 Å². The Hall–Kier alpha value is -0.120. The van der Waals surface area contributed by atoms with E-state index in [1.807, 2.05) is 7.11 Å². The molecule has 1 heterocycles. The Morgan fingerprint density at radius 2 is 1.72 bits per heavy atom. The summed E-state index contributed by atoms with van der Waals surface area (Å²) in [7, 11) is 1.85. The fraction of sp³-hybridized carbons (Fsp3) is 1.00. The third-order valence-corrected chi connectivity index (χ3v) is 5.97. The topological polar surface area (TPSA) is 38.5 Å². The van der Waals surface area contributed by atoms with Crippen molar-refractivity contribution in [2.45, 2.75) is 56.6 Å². The van der Waals surface area contributed by atoms with Crippen LogP contribution in [0.25, 0.3) is 0 Å². The lowest BCUT2D eigenvalue weighted by atomic mass is 9.79. The smallest absolute Gasteiger partial charge is 0.0572 e. The molecule has 1 saturated heterocycles. The van der Waals surface area contributed by atoms with Gasteiger partial charge in [0.15, 0.2) is 0 Å². The molecule has 0 aromatic heterocycles. The highest BCUT2D eigenvalue weighted by Crippen LogP contribution is 2.44. The molecule has 1 aliphatic heterocycles. The highest BCUT2D eigenvalue weighted by Gasteiger charge is 2.46. The summed E-state index contributed by atoms with van der Waals surface area (Å²) in [6.45, 7) is 3.47. The van der Waals surface area contributed by atoms with Crippen LogP contribution in [0.15, 0.2) is 0 Å². The Labute approximate surface area is 111 Å². The second kappa shape index (κ2) is 5.10. The maximum absolute atomic E-state index is 6.17. The monoisotopic (exact) mass is 252 g/mol. The van der Waals surface area contributed by atoms with Gasteiger partial charge in [-0.15, -0.1) is 0 Å². The molecule has 3 rings (SSSR count). The molecule has 3 nitrogen and oxygen atoms in total. The van der Waals surface area contributed by atoms with Crippen molar-refractivity contribution in [3.05, 3.63) is 0 Å². The van der Waals surface area contributed by atoms with E-state index in [4.69, 9.17) is 10.5 Å². The predicted molar refractivity (Wildman–Crippen MR) is 73.5 cm³/mol. The number of methoxy groups -OCH3 is 1. The second-order valence-corrected chi connectivity index (χ2v) is 6.72. The van der Waals surface area contributed by atoms with Crippen molar-refractivity contribution in [1.29, 1.82) is 0 Å². The molecule has 2 N–H and O–H groups in total. The Morgan fingerprint density at radius 1 is 1.11 bits per heavy atom. The lowest BCUT2D eigenvalue weighted by molar-refractivity contribution is -0.000494. The van der Waals surface area contributed by atoms with Gasteiger partial charge >= 0.3 is 0 Å². The van der Waals surface area contributed by atoms with Crippen molar-refractivity contribution < 1.29 is 4.74 Å². The van der Waals surface area contributed by atoms with Gasteiger partial charge in [0.2, 0.25) is 0 Å². The molecule has 2 atom stereocenters. The van der Waals surface area contributed by atoms with E-state index in [2.05, 4.69) is 4.90 Å². The average molecular weight is 252 g/mol. The zero-order valence-corrected chi connectivity index (χ0v) is 11.7. The molecular formula is C15H28N2O. The lowest BCUT2D eigenvalue weighted by Crippen LogP contribution is -2.55. The van der Waals surface area contributed by atoms with E-state index in [9.17, 15) is 0 Å². The van der Waals surface area contributed by atoms with E-state index in [-0.39, 0.29) is 0 Å². The van der Waals surface area contributed by atoms with Crippen LogP contribution in [0.3, 0.4) is 0 Å². The molecule has 2 aliphatic carbocycles. The summed E-state index contributed by atoms with van der Waals surface area (Å²) in [6, 6.07) is 0. The molecule has 0 bridgehead atoms. The van der Waals surface area contributed by atoms with Crippen LogP contribution in [0.1, 0.15) is 44.9 Å². The Morgan fingerprint density at radius 3 is 2.22 bits per heavy atom. The number of hydrogen-bond acceptors (Lipinski definition) is 3. The van der Waals surface area contributed by atoms with Crippen LogP contribution in [-0.2, 0) is 4.74 Å². The third kappa shape index (κ3) is 2.10. The molecule has 104 valence electrons. The van der Waals surface area contributed by atoms with Crippen molar-refractivity contribution in [3.63, 3.8) is 0 Å². The van der Waals surface area contributed by atoms with Gasteiger partial charge in [0.1, 0.15) is 0 Å². The van der Waals surface area contributed by atoms with Gasteiger partial charge < -0.3 is 10.5 Å². The van der Waals surface area contributed by atoms with Gasteiger partial charge in [0, 0.05) is 32.3 Å². The van der Waals surface area contributed by atoms with Crippen molar-refractivity contribution in [1.82, 2.24) is 4.90 Å². The van der Waals surface area contributed by atoms with Crippen LogP contribution in [0.2, 0.25) is 0 Å². The number of ether oxygens (including phenoxy) is 1. The molecule has 0 aromatic rings. The van der Waals surface area contributed by atoms with Crippen LogP contribution < -0.4 is 5.73 Å². The number of rotatable bonds is 3. The first-order chi connectivity index (χ1) is 8.77. The molecule has 3 aliphatic rings. The summed E-state index contributed by atoms with van der Waals surface area (Å²) >= 11 is 0. The van der Waals surface area contributed by atoms with Crippen LogP contribution in [0.5, 0.6) is 0 Å². The van der Waals surface area contributed by atoms with E-state index in [1.165, 1.54) is 58.0 Å². The summed E-state index contributed by atoms with van der Waals surface area (Å²) in [4.78, 5) is 2.76. The van der Waals surface area contributed by atoms with Crippen LogP contribution in [-0.4, -0.2) is 43.3 Å². The van der Waals surface area contributed by atoms with Crippen LogP contribution >= 0.6 is 0 Å². The Kier molecular flexibility index (Phi) is 3.65. The molecule has 3 heteroatoms. The SMILES string of the molecule is COC1CCC(CN)(N2CC3CCCC3C2)CC1. The largest absolute Gasteiger partial charge is 0.381 e. The van der Waals surface area contributed by atoms with Gasteiger partial charge in [-0.25, -0.2) is 0 Å². The minimum absolute atomic E-state index is 0.305. The molecule has 2 saturated carbocycles. The fourth-order valence-corrected chi connectivity index (χ4v) is 4.64. The first-order valence-corrected chi connectivity index (χ1v) is 7.75. The van der Waals surface area contributed by atoms with Crippen LogP contribution in [0, 0.1) is 11.8 Å². The summed E-state index contributed by atoms with van der Waals surface area (Å²) in [5.74, 6) is 1.96. The molecule has 18 heavy (non-hydrogen) atoms. The van der Waals surface area contributed by atoms with Crippen molar-refractivity contribution in [3.8, 4) is 0 Å². The zero-order valence-electron chi connectivity index (χ0n) is 11.7. The normalized spacial score (nSPS) is 45.3. The summed E-state index contributed by atoms with van der Waals surface area (Å²) in [5, 5.41) is 0. The van der Waals surface area contributed by atoms with Gasteiger partial charge in [-0.2, -0.15) is 0 Å². The summed E-state index contributed by atoms with van der Waals surface area (Å²) in [6.07, 6.45) is 9.73. The molecule has 2 unspecified atom stereocenters. The highest BCUT2D eigenvalue weighted by atomic mass is 16.5. The van der Waals surface area contributed by atoms with Crippen LogP contribution in [0.4, 0.5) is 0 Å². The quantitative estimate of drug-likeness (QED) is 0.835. The minimum Gasteiger partial charge on any atom is -0.381 e. The number of nitrogens with two attached hydrogens (primary N) is 1. The number of fused-ring (bicyclic) bond motifs is 1. The molecule has 0 radical (unpaired) electrons. The fourth-order valence-electron chi connectivity index (χ4n) is 4.64.